The van der Waals surface area contributed by atoms with Crippen LogP contribution in [0, 0.1) is 13.8 Å². The van der Waals surface area contributed by atoms with Gasteiger partial charge in [-0.2, -0.15) is 0 Å². The predicted molar refractivity (Wildman–Crippen MR) is 129 cm³/mol. The topological polar surface area (TPSA) is 99.1 Å². The summed E-state index contributed by atoms with van der Waals surface area (Å²) in [6.45, 7) is 3.79. The fraction of sp³-hybridized carbons (Fsp3) is 0.269. The first-order valence-electron chi connectivity index (χ1n) is 11.1. The van der Waals surface area contributed by atoms with Crippen LogP contribution in [0.5, 0.6) is 11.5 Å². The zero-order valence-electron chi connectivity index (χ0n) is 19.5. The Morgan fingerprint density at radius 2 is 1.59 bits per heavy atom. The van der Waals surface area contributed by atoms with E-state index in [1.165, 1.54) is 0 Å². The average molecular weight is 456 g/mol. The molecule has 0 radical (unpaired) electrons. The quantitative estimate of drug-likeness (QED) is 0.462. The Morgan fingerprint density at radius 3 is 2.38 bits per heavy atom. The number of anilines is 2. The number of methoxy groups -OCH3 is 2. The van der Waals surface area contributed by atoms with Crippen LogP contribution < -0.4 is 14.8 Å². The number of hydrogen-bond acceptors (Lipinski definition) is 8. The van der Waals surface area contributed by atoms with Crippen LogP contribution in [-0.4, -0.2) is 39.9 Å². The van der Waals surface area contributed by atoms with E-state index in [2.05, 4.69) is 20.3 Å². The Balaban J connectivity index is 1.47. The van der Waals surface area contributed by atoms with Crippen LogP contribution in [0.1, 0.15) is 45.3 Å². The van der Waals surface area contributed by atoms with Gasteiger partial charge < -0.3 is 9.47 Å². The van der Waals surface area contributed by atoms with E-state index >= 15 is 0 Å². The summed E-state index contributed by atoms with van der Waals surface area (Å²) in [6, 6.07) is 13.6. The highest BCUT2D eigenvalue weighted by Gasteiger charge is 2.30. The molecule has 0 unspecified atom stereocenters. The highest BCUT2D eigenvalue weighted by Crippen LogP contribution is 2.37. The minimum Gasteiger partial charge on any atom is -0.493 e. The van der Waals surface area contributed by atoms with Crippen molar-refractivity contribution in [1.82, 2.24) is 19.9 Å². The second-order valence-corrected chi connectivity index (χ2v) is 8.37. The van der Waals surface area contributed by atoms with Crippen LogP contribution in [0.25, 0.3) is 10.9 Å². The van der Waals surface area contributed by atoms with Gasteiger partial charge in [-0.05, 0) is 49.9 Å². The minimum absolute atomic E-state index is 0.0129. The second kappa shape index (κ2) is 8.70. The van der Waals surface area contributed by atoms with Gasteiger partial charge >= 0.3 is 0 Å². The SMILES string of the molecule is COc1ccc([C@H]2CC(=O)c3c(C)nc(Nc4nc(C)c5ccccc5n4)nc3C2)cc1OC. The smallest absolute Gasteiger partial charge is 0.230 e. The molecule has 0 spiro atoms. The lowest BCUT2D eigenvalue weighted by molar-refractivity contribution is 0.0962. The zero-order chi connectivity index (χ0) is 23.8. The van der Waals surface area contributed by atoms with E-state index in [0.29, 0.717) is 47.5 Å². The lowest BCUT2D eigenvalue weighted by Crippen LogP contribution is -2.23. The van der Waals surface area contributed by atoms with Gasteiger partial charge in [0.05, 0.1) is 42.4 Å². The molecule has 2 heterocycles. The summed E-state index contributed by atoms with van der Waals surface area (Å²) in [5, 5.41) is 4.14. The van der Waals surface area contributed by atoms with E-state index in [1.54, 1.807) is 14.2 Å². The van der Waals surface area contributed by atoms with Crippen LogP contribution in [0.15, 0.2) is 42.5 Å². The van der Waals surface area contributed by atoms with Crippen molar-refractivity contribution in [3.05, 3.63) is 70.7 Å². The Hall–Kier alpha value is -4.07. The van der Waals surface area contributed by atoms with E-state index in [4.69, 9.17) is 14.5 Å². The largest absolute Gasteiger partial charge is 0.493 e. The van der Waals surface area contributed by atoms with E-state index in [1.807, 2.05) is 56.3 Å². The molecule has 4 aromatic rings. The third kappa shape index (κ3) is 3.91. The summed E-state index contributed by atoms with van der Waals surface area (Å²) >= 11 is 0. The molecule has 1 aliphatic rings. The fourth-order valence-electron chi connectivity index (χ4n) is 4.56. The van der Waals surface area contributed by atoms with E-state index in [9.17, 15) is 4.79 Å². The Bertz CT molecular complexity index is 1420. The number of aromatic nitrogens is 4. The first-order chi connectivity index (χ1) is 16.5. The van der Waals surface area contributed by atoms with Crippen LogP contribution in [0.3, 0.4) is 0 Å². The van der Waals surface area contributed by atoms with Crippen molar-refractivity contribution in [2.75, 3.05) is 19.5 Å². The fourth-order valence-corrected chi connectivity index (χ4v) is 4.56. The number of ketones is 1. The normalized spacial score (nSPS) is 15.2. The number of nitrogens with zero attached hydrogens (tertiary/aromatic N) is 4. The van der Waals surface area contributed by atoms with E-state index in [0.717, 1.165) is 27.9 Å². The molecule has 0 aliphatic heterocycles. The summed E-state index contributed by atoms with van der Waals surface area (Å²) < 4.78 is 10.8. The van der Waals surface area contributed by atoms with Gasteiger partial charge in [0.15, 0.2) is 17.3 Å². The predicted octanol–water partition coefficient (Wildman–Crippen LogP) is 4.71. The molecular formula is C26H25N5O3. The Labute approximate surface area is 197 Å². The van der Waals surface area contributed by atoms with E-state index < -0.39 is 0 Å². The molecule has 0 fully saturated rings. The summed E-state index contributed by atoms with van der Waals surface area (Å²) in [5.41, 5.74) is 4.71. The minimum atomic E-state index is -0.0129. The molecule has 1 aliphatic carbocycles. The number of carbonyl (C=O) groups excluding carboxylic acids is 1. The Morgan fingerprint density at radius 1 is 0.853 bits per heavy atom. The monoisotopic (exact) mass is 455 g/mol. The van der Waals surface area contributed by atoms with Gasteiger partial charge in [0, 0.05) is 11.8 Å². The third-order valence-corrected chi connectivity index (χ3v) is 6.21. The van der Waals surface area contributed by atoms with Crippen molar-refractivity contribution in [3.8, 4) is 11.5 Å². The number of hydrogen-bond donors (Lipinski definition) is 1. The van der Waals surface area contributed by atoms with Gasteiger partial charge in [-0.15, -0.1) is 0 Å². The molecule has 172 valence electrons. The molecule has 0 saturated heterocycles. The number of carbonyl (C=O) groups is 1. The summed E-state index contributed by atoms with van der Waals surface area (Å²) in [7, 11) is 3.21. The number of rotatable bonds is 5. The first-order valence-corrected chi connectivity index (χ1v) is 11.1. The van der Waals surface area contributed by atoms with Gasteiger partial charge in [-0.3, -0.25) is 10.1 Å². The lowest BCUT2D eigenvalue weighted by atomic mass is 9.81. The van der Waals surface area contributed by atoms with E-state index in [-0.39, 0.29) is 11.7 Å². The summed E-state index contributed by atoms with van der Waals surface area (Å²) in [5.74, 6) is 2.14. The number of fused-ring (bicyclic) bond motifs is 2. The number of para-hydroxylation sites is 1. The van der Waals surface area contributed by atoms with Crippen molar-refractivity contribution in [2.24, 2.45) is 0 Å². The van der Waals surface area contributed by atoms with Crippen LogP contribution in [0.4, 0.5) is 11.9 Å². The molecule has 5 rings (SSSR count). The molecule has 0 saturated carbocycles. The number of aryl methyl sites for hydroxylation is 2. The molecule has 8 nitrogen and oxygen atoms in total. The average Bonchev–Trinajstić information content (AvgIpc) is 2.83. The molecule has 8 heteroatoms. The molecule has 2 aromatic carbocycles. The maximum Gasteiger partial charge on any atom is 0.230 e. The lowest BCUT2D eigenvalue weighted by Gasteiger charge is -2.25. The number of ether oxygens (including phenoxy) is 2. The molecule has 0 amide bonds. The van der Waals surface area contributed by atoms with Crippen LogP contribution in [0.2, 0.25) is 0 Å². The van der Waals surface area contributed by atoms with Crippen molar-refractivity contribution >= 4 is 28.6 Å². The third-order valence-electron chi connectivity index (χ3n) is 6.21. The molecule has 2 aromatic heterocycles. The van der Waals surface area contributed by atoms with Crippen molar-refractivity contribution in [2.45, 2.75) is 32.6 Å². The highest BCUT2D eigenvalue weighted by molar-refractivity contribution is 5.99. The van der Waals surface area contributed by atoms with Crippen LogP contribution in [-0.2, 0) is 6.42 Å². The number of benzene rings is 2. The molecule has 0 bridgehead atoms. The zero-order valence-corrected chi connectivity index (χ0v) is 19.5. The van der Waals surface area contributed by atoms with Crippen LogP contribution >= 0.6 is 0 Å². The van der Waals surface area contributed by atoms with Crippen molar-refractivity contribution < 1.29 is 14.3 Å². The molecule has 1 N–H and O–H groups in total. The van der Waals surface area contributed by atoms with Gasteiger partial charge in [-0.1, -0.05) is 24.3 Å². The maximum absolute atomic E-state index is 13.0. The second-order valence-electron chi connectivity index (χ2n) is 8.37. The first kappa shape index (κ1) is 21.8. The van der Waals surface area contributed by atoms with Crippen molar-refractivity contribution in [3.63, 3.8) is 0 Å². The Kier molecular flexibility index (Phi) is 5.57. The molecule has 34 heavy (non-hydrogen) atoms. The van der Waals surface area contributed by atoms with Gasteiger partial charge in [-0.25, -0.2) is 19.9 Å². The highest BCUT2D eigenvalue weighted by atomic mass is 16.5. The summed E-state index contributed by atoms with van der Waals surface area (Å²) in [4.78, 5) is 31.4. The molecular weight excluding hydrogens is 430 g/mol. The summed E-state index contributed by atoms with van der Waals surface area (Å²) in [6.07, 6.45) is 1.01. The standard InChI is InChI=1S/C26H25N5O3/c1-14-18-7-5-6-8-19(18)29-25(27-14)31-26-28-15(2)24-20(30-26)11-17(12-21(24)32)16-9-10-22(33-3)23(13-16)34-4/h5-10,13,17H,11-12H2,1-4H3,(H,27,28,29,30,31)/t17-/m1/s1. The number of nitrogens with one attached hydrogen (secondary N) is 1. The number of Topliss-reactive ketones (excluding diaryl/α,β-unsaturated/α-hetero) is 1. The van der Waals surface area contributed by atoms with Gasteiger partial charge in [0.2, 0.25) is 11.9 Å². The van der Waals surface area contributed by atoms with Gasteiger partial charge in [0.25, 0.3) is 0 Å². The van der Waals surface area contributed by atoms with Gasteiger partial charge in [0.1, 0.15) is 0 Å². The maximum atomic E-state index is 13.0. The van der Waals surface area contributed by atoms with Crippen molar-refractivity contribution in [1.29, 1.82) is 0 Å². The molecule has 1 atom stereocenters.